The maximum atomic E-state index is 12.3. The fraction of sp³-hybridized carbons (Fsp3) is 0.706. The number of methoxy groups -OCH3 is 1. The smallest absolute Gasteiger partial charge is 0.313 e. The first-order valence-electron chi connectivity index (χ1n) is 8.26. The van der Waals surface area contributed by atoms with E-state index in [-0.39, 0.29) is 23.0 Å². The molecule has 3 heterocycles. The second kappa shape index (κ2) is 5.45. The van der Waals surface area contributed by atoms with Crippen molar-refractivity contribution in [3.63, 3.8) is 0 Å². The highest BCUT2D eigenvalue weighted by molar-refractivity contribution is 7.16. The summed E-state index contributed by atoms with van der Waals surface area (Å²) in [6, 6.07) is 2.48. The molecule has 3 atom stereocenters. The lowest BCUT2D eigenvalue weighted by Crippen LogP contribution is -2.57. The normalized spacial score (nSPS) is 34.9. The van der Waals surface area contributed by atoms with Gasteiger partial charge in [0.2, 0.25) is 0 Å². The lowest BCUT2D eigenvalue weighted by Gasteiger charge is -2.47. The van der Waals surface area contributed by atoms with Crippen molar-refractivity contribution >= 4 is 28.9 Å². The first kappa shape index (κ1) is 15.9. The Kier molecular flexibility index (Phi) is 3.76. The summed E-state index contributed by atoms with van der Waals surface area (Å²) in [6.07, 6.45) is 4.46. The van der Waals surface area contributed by atoms with E-state index in [0.717, 1.165) is 43.0 Å². The number of ether oxygens (including phenoxy) is 2. The number of thiophene rings is 1. The molecule has 2 fully saturated rings. The van der Waals surface area contributed by atoms with Crippen molar-refractivity contribution in [2.75, 3.05) is 13.7 Å². The fourth-order valence-electron chi connectivity index (χ4n) is 4.45. The van der Waals surface area contributed by atoms with Gasteiger partial charge in [-0.25, -0.2) is 0 Å². The Balaban J connectivity index is 1.69. The number of esters is 1. The molecule has 0 amide bonds. The van der Waals surface area contributed by atoms with Gasteiger partial charge in [0.05, 0.1) is 23.5 Å². The lowest BCUT2D eigenvalue weighted by molar-refractivity contribution is -0.152. The van der Waals surface area contributed by atoms with E-state index in [1.165, 1.54) is 17.6 Å². The van der Waals surface area contributed by atoms with Gasteiger partial charge in [-0.2, -0.15) is 0 Å². The van der Waals surface area contributed by atoms with Gasteiger partial charge in [0.25, 0.3) is 0 Å². The number of nitrogens with one attached hydrogen (secondary N) is 1. The van der Waals surface area contributed by atoms with Gasteiger partial charge in [0, 0.05) is 17.0 Å². The zero-order chi connectivity index (χ0) is 16.2. The van der Waals surface area contributed by atoms with Crippen LogP contribution < -0.4 is 5.32 Å². The van der Waals surface area contributed by atoms with E-state index in [9.17, 15) is 4.79 Å². The SMILES string of the molecule is COC(=O)C1(C2C[C@]3(C[C@H](C)N2)OCCc2cc(Cl)sc23)CC1. The number of carbonyl (C=O) groups excluding carboxylic acids is 1. The van der Waals surface area contributed by atoms with Crippen LogP contribution in [-0.2, 0) is 26.3 Å². The molecule has 1 spiro atoms. The minimum atomic E-state index is -0.363. The highest BCUT2D eigenvalue weighted by atomic mass is 35.5. The number of rotatable bonds is 2. The standard InChI is InChI=1S/C17H22ClNO3S/c1-10-8-17(14-11(3-6-22-17)7-13(18)23-14)9-12(19-10)16(4-5-16)15(20)21-2/h7,10,12,19H,3-6,8-9H2,1-2H3/t10-,12?,17-/m0/s1. The predicted molar refractivity (Wildman–Crippen MR) is 90.0 cm³/mol. The summed E-state index contributed by atoms with van der Waals surface area (Å²) in [6.45, 7) is 2.90. The van der Waals surface area contributed by atoms with Crippen molar-refractivity contribution in [1.29, 1.82) is 0 Å². The largest absolute Gasteiger partial charge is 0.469 e. The Morgan fingerprint density at radius 3 is 2.96 bits per heavy atom. The van der Waals surface area contributed by atoms with Crippen LogP contribution in [0.1, 0.15) is 43.0 Å². The summed E-state index contributed by atoms with van der Waals surface area (Å²) in [5.74, 6) is -0.0838. The lowest BCUT2D eigenvalue weighted by atomic mass is 9.75. The van der Waals surface area contributed by atoms with Gasteiger partial charge in [0.1, 0.15) is 5.60 Å². The summed E-state index contributed by atoms with van der Waals surface area (Å²) in [5.41, 5.74) is 0.657. The molecule has 4 rings (SSSR count). The fourth-order valence-corrected chi connectivity index (χ4v) is 5.91. The zero-order valence-corrected chi connectivity index (χ0v) is 15.1. The van der Waals surface area contributed by atoms with Crippen LogP contribution in [0.15, 0.2) is 6.07 Å². The van der Waals surface area contributed by atoms with Gasteiger partial charge < -0.3 is 14.8 Å². The number of hydrogen-bond donors (Lipinski definition) is 1. The number of halogens is 1. The van der Waals surface area contributed by atoms with E-state index in [0.29, 0.717) is 6.04 Å². The Bertz CT molecular complexity index is 642. The van der Waals surface area contributed by atoms with Crippen LogP contribution in [0.25, 0.3) is 0 Å². The van der Waals surface area contributed by atoms with Gasteiger partial charge >= 0.3 is 5.97 Å². The van der Waals surface area contributed by atoms with E-state index in [1.54, 1.807) is 11.3 Å². The molecule has 2 aliphatic heterocycles. The zero-order valence-electron chi connectivity index (χ0n) is 13.5. The molecule has 126 valence electrons. The summed E-state index contributed by atoms with van der Waals surface area (Å²) in [4.78, 5) is 13.6. The van der Waals surface area contributed by atoms with Crippen molar-refractivity contribution < 1.29 is 14.3 Å². The van der Waals surface area contributed by atoms with Crippen LogP contribution in [0.4, 0.5) is 0 Å². The van der Waals surface area contributed by atoms with Crippen LogP contribution in [0.2, 0.25) is 4.34 Å². The predicted octanol–water partition coefficient (Wildman–Crippen LogP) is 3.26. The quantitative estimate of drug-likeness (QED) is 0.827. The van der Waals surface area contributed by atoms with E-state index in [4.69, 9.17) is 21.1 Å². The molecule has 6 heteroatoms. The van der Waals surface area contributed by atoms with Gasteiger partial charge in [0.15, 0.2) is 0 Å². The van der Waals surface area contributed by atoms with Gasteiger partial charge in [-0.3, -0.25) is 4.79 Å². The summed E-state index contributed by atoms with van der Waals surface area (Å²) >= 11 is 7.92. The molecule has 0 radical (unpaired) electrons. The highest BCUT2D eigenvalue weighted by Gasteiger charge is 2.61. The van der Waals surface area contributed by atoms with Crippen molar-refractivity contribution in [3.8, 4) is 0 Å². The van der Waals surface area contributed by atoms with Crippen molar-refractivity contribution in [2.45, 2.75) is 56.7 Å². The molecule has 23 heavy (non-hydrogen) atoms. The van der Waals surface area contributed by atoms with Crippen LogP contribution in [0, 0.1) is 5.41 Å². The second-order valence-corrected chi connectivity index (χ2v) is 8.86. The molecule has 3 aliphatic rings. The minimum absolute atomic E-state index is 0.0838. The molecule has 1 unspecified atom stereocenters. The average molecular weight is 356 g/mol. The Morgan fingerprint density at radius 2 is 2.26 bits per heavy atom. The molecule has 0 bridgehead atoms. The van der Waals surface area contributed by atoms with Gasteiger partial charge in [-0.05, 0) is 50.7 Å². The number of hydrogen-bond acceptors (Lipinski definition) is 5. The monoisotopic (exact) mass is 355 g/mol. The molecule has 1 aromatic heterocycles. The molecule has 1 aromatic rings. The van der Waals surface area contributed by atoms with Crippen molar-refractivity contribution in [2.24, 2.45) is 5.41 Å². The number of carbonyl (C=O) groups is 1. The van der Waals surface area contributed by atoms with E-state index in [1.807, 2.05) is 0 Å². The summed E-state index contributed by atoms with van der Waals surface area (Å²) in [7, 11) is 1.48. The van der Waals surface area contributed by atoms with Gasteiger partial charge in [-0.1, -0.05) is 11.6 Å². The van der Waals surface area contributed by atoms with Crippen LogP contribution >= 0.6 is 22.9 Å². The molecule has 0 aromatic carbocycles. The minimum Gasteiger partial charge on any atom is -0.469 e. The Hall–Kier alpha value is -0.620. The van der Waals surface area contributed by atoms with Crippen LogP contribution in [-0.4, -0.2) is 31.8 Å². The van der Waals surface area contributed by atoms with Crippen LogP contribution in [0.5, 0.6) is 0 Å². The molecular weight excluding hydrogens is 334 g/mol. The Labute approximate surface area is 145 Å². The molecule has 1 aliphatic carbocycles. The first-order chi connectivity index (χ1) is 11.0. The van der Waals surface area contributed by atoms with E-state index < -0.39 is 0 Å². The highest BCUT2D eigenvalue weighted by Crippen LogP contribution is 2.56. The van der Waals surface area contributed by atoms with Crippen LogP contribution in [0.3, 0.4) is 0 Å². The third-order valence-corrected chi connectivity index (χ3v) is 7.14. The Morgan fingerprint density at radius 1 is 1.48 bits per heavy atom. The topological polar surface area (TPSA) is 47.6 Å². The summed E-state index contributed by atoms with van der Waals surface area (Å²) in [5, 5.41) is 3.63. The first-order valence-corrected chi connectivity index (χ1v) is 9.46. The third kappa shape index (κ3) is 2.44. The van der Waals surface area contributed by atoms with Crippen molar-refractivity contribution in [1.82, 2.24) is 5.32 Å². The molecule has 1 saturated heterocycles. The molecule has 1 saturated carbocycles. The average Bonchev–Trinajstić information content (AvgIpc) is 3.23. The summed E-state index contributed by atoms with van der Waals surface area (Å²) < 4.78 is 12.3. The van der Waals surface area contributed by atoms with Gasteiger partial charge in [-0.15, -0.1) is 11.3 Å². The van der Waals surface area contributed by atoms with E-state index in [2.05, 4.69) is 18.3 Å². The molecular formula is C17H22ClNO3S. The van der Waals surface area contributed by atoms with Crippen molar-refractivity contribution in [3.05, 3.63) is 20.8 Å². The maximum Gasteiger partial charge on any atom is 0.313 e. The number of piperidine rings is 1. The molecule has 4 nitrogen and oxygen atoms in total. The number of fused-ring (bicyclic) bond motifs is 2. The third-order valence-electron chi connectivity index (χ3n) is 5.65. The second-order valence-electron chi connectivity index (χ2n) is 7.17. The maximum absolute atomic E-state index is 12.3. The van der Waals surface area contributed by atoms with E-state index >= 15 is 0 Å². The molecule has 1 N–H and O–H groups in total.